The van der Waals surface area contributed by atoms with Gasteiger partial charge in [-0.25, -0.2) is 4.79 Å². The van der Waals surface area contributed by atoms with Crippen molar-refractivity contribution in [3.8, 4) is 23.8 Å². The van der Waals surface area contributed by atoms with Crippen LogP contribution in [-0.2, 0) is 0 Å². The first-order valence-electron chi connectivity index (χ1n) is 5.36. The van der Waals surface area contributed by atoms with Gasteiger partial charge in [0.05, 0.1) is 5.56 Å². The Morgan fingerprint density at radius 2 is 1.88 bits per heavy atom. The number of nitrogens with zero attached hydrogens (tertiary/aromatic N) is 1. The number of carboxylic acids is 1. The van der Waals surface area contributed by atoms with Crippen molar-refractivity contribution in [1.82, 2.24) is 4.90 Å². The summed E-state index contributed by atoms with van der Waals surface area (Å²) in [4.78, 5) is 12.6. The molecule has 0 amide bonds. The van der Waals surface area contributed by atoms with Crippen molar-refractivity contribution in [2.45, 2.75) is 6.42 Å². The van der Waals surface area contributed by atoms with E-state index >= 15 is 0 Å². The van der Waals surface area contributed by atoms with Crippen LogP contribution in [0.4, 0.5) is 0 Å². The van der Waals surface area contributed by atoms with Crippen LogP contribution in [0.5, 0.6) is 0 Å². The standard InChI is InChI=1S/C14H11NO2/c16-14(17)13-7-5-12(6-8-13)4-1-2-9-15-10-3-11-15/h5-8H,3,10-11H2,(H,16,17). The Bertz CT molecular complexity index is 534. The van der Waals surface area contributed by atoms with Gasteiger partial charge in [0.2, 0.25) is 0 Å². The van der Waals surface area contributed by atoms with Crippen LogP contribution in [0.2, 0.25) is 0 Å². The zero-order valence-corrected chi connectivity index (χ0v) is 9.23. The Kier molecular flexibility index (Phi) is 3.33. The molecule has 84 valence electrons. The number of aromatic carboxylic acids is 1. The predicted molar refractivity (Wildman–Crippen MR) is 64.2 cm³/mol. The van der Waals surface area contributed by atoms with Crippen molar-refractivity contribution in [1.29, 1.82) is 0 Å². The summed E-state index contributed by atoms with van der Waals surface area (Å²) in [5.74, 6) is 7.46. The van der Waals surface area contributed by atoms with Crippen LogP contribution in [0.1, 0.15) is 22.3 Å². The molecule has 0 atom stereocenters. The topological polar surface area (TPSA) is 40.5 Å². The molecule has 1 N–H and O–H groups in total. The fourth-order valence-corrected chi connectivity index (χ4v) is 1.33. The smallest absolute Gasteiger partial charge is 0.335 e. The van der Waals surface area contributed by atoms with Crippen molar-refractivity contribution >= 4 is 5.97 Å². The van der Waals surface area contributed by atoms with E-state index in [0.717, 1.165) is 18.7 Å². The van der Waals surface area contributed by atoms with Crippen LogP contribution in [0.15, 0.2) is 24.3 Å². The van der Waals surface area contributed by atoms with E-state index in [-0.39, 0.29) is 5.56 Å². The largest absolute Gasteiger partial charge is 0.478 e. The van der Waals surface area contributed by atoms with Gasteiger partial charge in [-0.3, -0.25) is 0 Å². The van der Waals surface area contributed by atoms with Crippen molar-refractivity contribution < 1.29 is 9.90 Å². The van der Waals surface area contributed by atoms with Gasteiger partial charge in [-0.2, -0.15) is 0 Å². The maximum absolute atomic E-state index is 10.6. The summed E-state index contributed by atoms with van der Waals surface area (Å²) in [5, 5.41) is 8.72. The molecule has 0 radical (unpaired) electrons. The van der Waals surface area contributed by atoms with Crippen LogP contribution in [0, 0.1) is 23.8 Å². The molecular formula is C14H11NO2. The highest BCUT2D eigenvalue weighted by molar-refractivity contribution is 5.87. The number of likely N-dealkylation sites (tertiary alicyclic amines) is 1. The normalized spacial score (nSPS) is 12.6. The second-order valence-corrected chi connectivity index (χ2v) is 3.71. The van der Waals surface area contributed by atoms with E-state index in [1.807, 2.05) is 4.90 Å². The van der Waals surface area contributed by atoms with E-state index in [2.05, 4.69) is 23.8 Å². The lowest BCUT2D eigenvalue weighted by atomic mass is 10.1. The van der Waals surface area contributed by atoms with Crippen molar-refractivity contribution in [3.05, 3.63) is 35.4 Å². The molecule has 1 fully saturated rings. The minimum atomic E-state index is -0.929. The van der Waals surface area contributed by atoms with Gasteiger partial charge < -0.3 is 10.0 Å². The van der Waals surface area contributed by atoms with Gasteiger partial charge in [0.15, 0.2) is 0 Å². The summed E-state index contributed by atoms with van der Waals surface area (Å²) in [6, 6.07) is 9.37. The molecule has 2 rings (SSSR count). The first-order chi connectivity index (χ1) is 8.25. The Morgan fingerprint density at radius 3 is 2.41 bits per heavy atom. The van der Waals surface area contributed by atoms with E-state index in [0.29, 0.717) is 0 Å². The summed E-state index contributed by atoms with van der Waals surface area (Å²) < 4.78 is 0. The van der Waals surface area contributed by atoms with Crippen molar-refractivity contribution in [2.75, 3.05) is 13.1 Å². The van der Waals surface area contributed by atoms with Crippen LogP contribution in [0.3, 0.4) is 0 Å². The number of benzene rings is 1. The molecule has 0 saturated carbocycles. The summed E-state index contributed by atoms with van der Waals surface area (Å²) >= 11 is 0. The SMILES string of the molecule is O=C(O)c1ccc(C#CC#CN2CCC2)cc1. The average Bonchev–Trinajstić information content (AvgIpc) is 2.27. The van der Waals surface area contributed by atoms with Crippen LogP contribution >= 0.6 is 0 Å². The van der Waals surface area contributed by atoms with E-state index in [1.54, 1.807) is 12.1 Å². The van der Waals surface area contributed by atoms with Gasteiger partial charge in [0, 0.05) is 30.6 Å². The van der Waals surface area contributed by atoms with E-state index in [9.17, 15) is 4.79 Å². The molecule has 0 spiro atoms. The second-order valence-electron chi connectivity index (χ2n) is 3.71. The van der Waals surface area contributed by atoms with Gasteiger partial charge in [0.1, 0.15) is 0 Å². The number of hydrogen-bond acceptors (Lipinski definition) is 2. The van der Waals surface area contributed by atoms with E-state index < -0.39 is 5.97 Å². The number of hydrogen-bond donors (Lipinski definition) is 1. The summed E-state index contributed by atoms with van der Waals surface area (Å²) in [5.41, 5.74) is 1.04. The molecule has 1 aromatic rings. The maximum atomic E-state index is 10.6. The van der Waals surface area contributed by atoms with Gasteiger partial charge in [-0.1, -0.05) is 5.92 Å². The molecule has 1 saturated heterocycles. The fourth-order valence-electron chi connectivity index (χ4n) is 1.33. The van der Waals surface area contributed by atoms with Gasteiger partial charge >= 0.3 is 5.97 Å². The lowest BCUT2D eigenvalue weighted by Crippen LogP contribution is -2.32. The molecular weight excluding hydrogens is 214 g/mol. The van der Waals surface area contributed by atoms with Crippen LogP contribution < -0.4 is 0 Å². The molecule has 0 aromatic heterocycles. The molecule has 3 heteroatoms. The Morgan fingerprint density at radius 1 is 1.18 bits per heavy atom. The monoisotopic (exact) mass is 225 g/mol. The minimum absolute atomic E-state index is 0.266. The molecule has 1 aromatic carbocycles. The first kappa shape index (κ1) is 11.1. The molecule has 1 aliphatic rings. The molecule has 0 unspecified atom stereocenters. The van der Waals surface area contributed by atoms with Gasteiger partial charge in [-0.15, -0.1) is 0 Å². The summed E-state index contributed by atoms with van der Waals surface area (Å²) in [6.07, 6.45) is 1.21. The number of carbonyl (C=O) groups is 1. The maximum Gasteiger partial charge on any atom is 0.335 e. The summed E-state index contributed by atoms with van der Waals surface area (Å²) in [6.45, 7) is 2.06. The molecule has 1 aliphatic heterocycles. The number of rotatable bonds is 1. The molecule has 1 heterocycles. The van der Waals surface area contributed by atoms with Crippen LogP contribution in [0.25, 0.3) is 0 Å². The second kappa shape index (κ2) is 5.09. The predicted octanol–water partition coefficient (Wildman–Crippen LogP) is 1.40. The quantitative estimate of drug-likeness (QED) is 0.734. The van der Waals surface area contributed by atoms with E-state index in [1.165, 1.54) is 18.6 Å². The Hall–Kier alpha value is -2.39. The lowest BCUT2D eigenvalue weighted by molar-refractivity contribution is 0.0697. The summed E-state index contributed by atoms with van der Waals surface area (Å²) in [7, 11) is 0. The Labute approximate surface area is 100 Å². The van der Waals surface area contributed by atoms with Crippen LogP contribution in [-0.4, -0.2) is 29.1 Å². The third kappa shape index (κ3) is 3.03. The highest BCUT2D eigenvalue weighted by atomic mass is 16.4. The zero-order valence-electron chi connectivity index (χ0n) is 9.23. The highest BCUT2D eigenvalue weighted by Gasteiger charge is 2.07. The lowest BCUT2D eigenvalue weighted by Gasteiger charge is -2.25. The third-order valence-corrected chi connectivity index (χ3v) is 2.47. The molecule has 17 heavy (non-hydrogen) atoms. The first-order valence-corrected chi connectivity index (χ1v) is 5.36. The molecule has 3 nitrogen and oxygen atoms in total. The molecule has 0 aliphatic carbocycles. The zero-order chi connectivity index (χ0) is 12.1. The van der Waals surface area contributed by atoms with Crippen molar-refractivity contribution in [3.63, 3.8) is 0 Å². The minimum Gasteiger partial charge on any atom is -0.478 e. The third-order valence-electron chi connectivity index (χ3n) is 2.47. The Balaban J connectivity index is 2.00. The van der Waals surface area contributed by atoms with E-state index in [4.69, 9.17) is 5.11 Å². The number of carboxylic acid groups (broad SMARTS) is 1. The fraction of sp³-hybridized carbons (Fsp3) is 0.214. The van der Waals surface area contributed by atoms with Gasteiger partial charge in [0.25, 0.3) is 0 Å². The highest BCUT2D eigenvalue weighted by Crippen LogP contribution is 2.03. The molecule has 0 bridgehead atoms. The van der Waals surface area contributed by atoms with Gasteiger partial charge in [-0.05, 0) is 36.6 Å². The average molecular weight is 225 g/mol. The van der Waals surface area contributed by atoms with Crippen molar-refractivity contribution in [2.24, 2.45) is 0 Å².